The minimum Gasteiger partial charge on any atom is -0.0750 e. The molecule has 0 rings (SSSR count). The van der Waals surface area contributed by atoms with Gasteiger partial charge in [0.25, 0.3) is 0 Å². The molecule has 0 aliphatic carbocycles. The lowest BCUT2D eigenvalue weighted by Gasteiger charge is -1.87. The smallest absolute Gasteiger partial charge is 0.0726 e. The van der Waals surface area contributed by atoms with Gasteiger partial charge in [-0.15, -0.1) is 0 Å². The van der Waals surface area contributed by atoms with Crippen LogP contribution in [-0.4, -0.2) is 3.92 Å². The molecule has 0 amide bonds. The first-order chi connectivity index (χ1) is 2.81. The average Bonchev–Trinajstić information content (AvgIpc) is 1.65. The topological polar surface area (TPSA) is 0 Å². The third-order valence-electron chi connectivity index (χ3n) is 0.515. The lowest BCUT2D eigenvalue weighted by atomic mass is 10.4. The maximum absolute atomic E-state index is 6.55. The number of alkyl halides is 1. The Kier molecular flexibility index (Phi) is 3.65. The fourth-order valence-corrected chi connectivity index (χ4v) is 0.102. The van der Waals surface area contributed by atoms with Gasteiger partial charge in [-0.05, 0) is 12.8 Å². The molecule has 0 spiro atoms. The van der Waals surface area contributed by atoms with Crippen LogP contribution in [0.25, 0.3) is 0 Å². The molecule has 0 N–H and O–H groups in total. The van der Waals surface area contributed by atoms with Crippen LogP contribution >= 0.6 is 22.6 Å². The highest BCUT2D eigenvalue weighted by molar-refractivity contribution is 14.1. The molecule has 0 aromatic heterocycles. The van der Waals surface area contributed by atoms with E-state index < -0.39 is 0 Å². The van der Waals surface area contributed by atoms with E-state index in [1.165, 1.54) is 0 Å². The van der Waals surface area contributed by atoms with Crippen molar-refractivity contribution in [2.45, 2.75) is 17.3 Å². The third-order valence-corrected chi connectivity index (χ3v) is 1.71. The lowest BCUT2D eigenvalue weighted by molar-refractivity contribution is 1.03. The zero-order valence-corrected chi connectivity index (χ0v) is 5.82. The van der Waals surface area contributed by atoms with E-state index in [2.05, 4.69) is 28.5 Å². The predicted octanol–water partition coefficient (Wildman–Crippen LogP) is 1.79. The van der Waals surface area contributed by atoms with Crippen molar-refractivity contribution in [3.63, 3.8) is 0 Å². The first kappa shape index (κ1) is 6.29. The summed E-state index contributed by atoms with van der Waals surface area (Å²) in [6, 6.07) is 0. The van der Waals surface area contributed by atoms with Gasteiger partial charge in [-0.25, -0.2) is 0 Å². The number of hydrogen-bond acceptors (Lipinski definition) is 0. The second-order valence-electron chi connectivity index (χ2n) is 1.02. The second-order valence-corrected chi connectivity index (χ2v) is 2.52. The van der Waals surface area contributed by atoms with Gasteiger partial charge in [0.15, 0.2) is 0 Å². The van der Waals surface area contributed by atoms with Gasteiger partial charge in [0, 0.05) is 0 Å². The summed E-state index contributed by atoms with van der Waals surface area (Å²) in [7, 11) is 0. The SMILES string of the molecule is [C]#CC(I)CC. The third kappa shape index (κ3) is 2.52. The van der Waals surface area contributed by atoms with Gasteiger partial charge in [-0.2, -0.15) is 0 Å². The fourth-order valence-electron chi connectivity index (χ4n) is 0.102. The van der Waals surface area contributed by atoms with Crippen LogP contribution in [0.15, 0.2) is 0 Å². The van der Waals surface area contributed by atoms with Gasteiger partial charge >= 0.3 is 0 Å². The van der Waals surface area contributed by atoms with Crippen molar-refractivity contribution in [3.05, 3.63) is 6.42 Å². The minimum absolute atomic E-state index is 0.322. The Hall–Kier alpha value is 0.290. The molecule has 0 saturated carbocycles. The summed E-state index contributed by atoms with van der Waals surface area (Å²) in [6.45, 7) is 2.04. The monoisotopic (exact) mass is 193 g/mol. The number of halogens is 1. The Morgan fingerprint density at radius 2 is 2.50 bits per heavy atom. The van der Waals surface area contributed by atoms with E-state index in [0.717, 1.165) is 6.42 Å². The molecule has 0 bridgehead atoms. The van der Waals surface area contributed by atoms with Crippen LogP contribution in [0.4, 0.5) is 0 Å². The Morgan fingerprint density at radius 1 is 2.00 bits per heavy atom. The molecule has 0 aliphatic heterocycles. The minimum atomic E-state index is 0.322. The lowest BCUT2D eigenvalue weighted by Crippen LogP contribution is -1.84. The zero-order chi connectivity index (χ0) is 4.99. The van der Waals surface area contributed by atoms with Crippen molar-refractivity contribution >= 4 is 22.6 Å². The van der Waals surface area contributed by atoms with E-state index in [9.17, 15) is 0 Å². The average molecular weight is 193 g/mol. The molecule has 1 heteroatoms. The van der Waals surface area contributed by atoms with Gasteiger partial charge in [0.05, 0.1) is 3.92 Å². The maximum atomic E-state index is 6.55. The summed E-state index contributed by atoms with van der Waals surface area (Å²) in [5.41, 5.74) is 0. The molecule has 1 unspecified atom stereocenters. The van der Waals surface area contributed by atoms with Crippen molar-refractivity contribution < 1.29 is 0 Å². The molecular formula is C5H6I. The van der Waals surface area contributed by atoms with E-state index in [-0.39, 0.29) is 0 Å². The molecule has 0 heterocycles. The fraction of sp³-hybridized carbons (Fsp3) is 0.600. The molecule has 0 aliphatic rings. The summed E-state index contributed by atoms with van der Waals surface area (Å²) >= 11 is 2.17. The normalized spacial score (nSPS) is 12.8. The van der Waals surface area contributed by atoms with Crippen LogP contribution in [0.1, 0.15) is 13.3 Å². The number of hydrogen-bond donors (Lipinski definition) is 0. The van der Waals surface area contributed by atoms with Crippen molar-refractivity contribution in [1.82, 2.24) is 0 Å². The zero-order valence-electron chi connectivity index (χ0n) is 3.66. The summed E-state index contributed by atoms with van der Waals surface area (Å²) in [6.07, 6.45) is 7.57. The van der Waals surface area contributed by atoms with E-state index in [4.69, 9.17) is 6.42 Å². The van der Waals surface area contributed by atoms with Crippen LogP contribution < -0.4 is 0 Å². The summed E-state index contributed by atoms with van der Waals surface area (Å²) in [5, 5.41) is 0. The molecule has 0 fully saturated rings. The summed E-state index contributed by atoms with van der Waals surface area (Å²) < 4.78 is 0.322. The van der Waals surface area contributed by atoms with Gasteiger partial charge in [0.2, 0.25) is 0 Å². The molecular weight excluding hydrogens is 187 g/mol. The van der Waals surface area contributed by atoms with Gasteiger partial charge in [0.1, 0.15) is 0 Å². The molecule has 0 aromatic carbocycles. The largest absolute Gasteiger partial charge is 0.0750 e. The molecule has 33 valence electrons. The molecule has 6 heavy (non-hydrogen) atoms. The van der Waals surface area contributed by atoms with Crippen molar-refractivity contribution in [3.8, 4) is 5.92 Å². The summed E-state index contributed by atoms with van der Waals surface area (Å²) in [5.74, 6) is 2.35. The second kappa shape index (κ2) is 3.48. The quantitative estimate of drug-likeness (QED) is 0.338. The van der Waals surface area contributed by atoms with Gasteiger partial charge in [-0.1, -0.05) is 35.4 Å². The highest BCUT2D eigenvalue weighted by Crippen LogP contribution is 2.00. The van der Waals surface area contributed by atoms with Crippen LogP contribution in [0.5, 0.6) is 0 Å². The van der Waals surface area contributed by atoms with Crippen molar-refractivity contribution in [1.29, 1.82) is 0 Å². The van der Waals surface area contributed by atoms with Crippen LogP contribution in [0.2, 0.25) is 0 Å². The van der Waals surface area contributed by atoms with E-state index in [1.807, 2.05) is 6.92 Å². The highest BCUT2D eigenvalue weighted by atomic mass is 127. The van der Waals surface area contributed by atoms with Gasteiger partial charge in [-0.3, -0.25) is 0 Å². The first-order valence-corrected chi connectivity index (χ1v) is 3.12. The maximum Gasteiger partial charge on any atom is 0.0726 e. The molecule has 0 nitrogen and oxygen atoms in total. The summed E-state index contributed by atoms with van der Waals surface area (Å²) in [4.78, 5) is 0. The van der Waals surface area contributed by atoms with Crippen LogP contribution in [0.3, 0.4) is 0 Å². The van der Waals surface area contributed by atoms with Crippen LogP contribution in [-0.2, 0) is 0 Å². The Labute approximate surface area is 52.5 Å². The van der Waals surface area contributed by atoms with Crippen molar-refractivity contribution in [2.24, 2.45) is 0 Å². The molecule has 1 atom stereocenters. The van der Waals surface area contributed by atoms with Crippen LogP contribution in [0, 0.1) is 12.3 Å². The highest BCUT2D eigenvalue weighted by Gasteiger charge is 1.87. The molecule has 0 saturated heterocycles. The first-order valence-electron chi connectivity index (χ1n) is 1.87. The standard InChI is InChI=1S/C5H6I/c1-3-5(6)4-2/h5H,3H2,1H3. The molecule has 1 radical (unpaired) electrons. The number of rotatable bonds is 1. The predicted molar refractivity (Wildman–Crippen MR) is 35.2 cm³/mol. The van der Waals surface area contributed by atoms with Crippen molar-refractivity contribution in [2.75, 3.05) is 0 Å². The van der Waals surface area contributed by atoms with E-state index in [1.54, 1.807) is 0 Å². The van der Waals surface area contributed by atoms with E-state index >= 15 is 0 Å². The van der Waals surface area contributed by atoms with Gasteiger partial charge < -0.3 is 0 Å². The Bertz CT molecular complexity index is 60.8. The van der Waals surface area contributed by atoms with E-state index in [0.29, 0.717) is 3.92 Å². The Morgan fingerprint density at radius 3 is 2.50 bits per heavy atom. The molecule has 0 aromatic rings. The Balaban J connectivity index is 3.04.